The molecule has 0 spiro atoms. The second-order valence-corrected chi connectivity index (χ2v) is 8.50. The quantitative estimate of drug-likeness (QED) is 0.678. The monoisotopic (exact) mass is 405 g/mol. The van der Waals surface area contributed by atoms with Crippen LogP contribution in [0.4, 0.5) is 5.69 Å². The van der Waals surface area contributed by atoms with Crippen molar-refractivity contribution in [1.82, 2.24) is 0 Å². The number of rotatable bonds is 8. The van der Waals surface area contributed by atoms with Crippen LogP contribution in [0.25, 0.3) is 0 Å². The lowest BCUT2D eigenvalue weighted by Gasteiger charge is -2.11. The fraction of sp³-hybridized carbons (Fsp3) is 0.300. The Labute approximate surface area is 164 Å². The van der Waals surface area contributed by atoms with Crippen molar-refractivity contribution in [1.29, 1.82) is 0 Å². The van der Waals surface area contributed by atoms with Gasteiger partial charge in [0.1, 0.15) is 11.5 Å². The Morgan fingerprint density at radius 1 is 1.07 bits per heavy atom. The van der Waals surface area contributed by atoms with E-state index in [0.717, 1.165) is 0 Å². The lowest BCUT2D eigenvalue weighted by molar-refractivity contribution is -0.113. The van der Waals surface area contributed by atoms with E-state index >= 15 is 0 Å². The van der Waals surface area contributed by atoms with E-state index in [2.05, 4.69) is 5.32 Å². The Hall–Kier alpha value is -2.87. The van der Waals surface area contributed by atoms with Crippen molar-refractivity contribution < 1.29 is 27.5 Å². The highest BCUT2D eigenvalue weighted by atomic mass is 32.2. The van der Waals surface area contributed by atoms with Gasteiger partial charge in [0, 0.05) is 0 Å². The van der Waals surface area contributed by atoms with Crippen LogP contribution < -0.4 is 10.1 Å². The predicted octanol–water partition coefficient (Wildman–Crippen LogP) is 2.81. The van der Waals surface area contributed by atoms with E-state index in [4.69, 9.17) is 9.47 Å². The first kappa shape index (κ1) is 21.4. The van der Waals surface area contributed by atoms with Gasteiger partial charge in [0.2, 0.25) is 5.91 Å². The molecule has 2 rings (SSSR count). The number of amides is 1. The number of benzene rings is 2. The maximum Gasteiger partial charge on any atom is 0.338 e. The number of carbonyl (C=O) groups is 2. The van der Waals surface area contributed by atoms with Crippen LogP contribution in [0.2, 0.25) is 0 Å². The molecule has 0 aliphatic carbocycles. The van der Waals surface area contributed by atoms with E-state index in [-0.39, 0.29) is 17.4 Å². The van der Waals surface area contributed by atoms with Crippen LogP contribution in [0.5, 0.6) is 5.75 Å². The van der Waals surface area contributed by atoms with Gasteiger partial charge in [-0.2, -0.15) is 0 Å². The lowest BCUT2D eigenvalue weighted by atomic mass is 10.1. The van der Waals surface area contributed by atoms with E-state index in [9.17, 15) is 18.0 Å². The number of nitrogens with one attached hydrogen (secondary N) is 1. The minimum absolute atomic E-state index is 0.264. The fourth-order valence-electron chi connectivity index (χ4n) is 2.51. The van der Waals surface area contributed by atoms with Crippen molar-refractivity contribution in [3.05, 3.63) is 59.7 Å². The summed E-state index contributed by atoms with van der Waals surface area (Å²) in [7, 11) is -2.29. The van der Waals surface area contributed by atoms with Gasteiger partial charge >= 0.3 is 5.97 Å². The second kappa shape index (κ2) is 9.36. The molecule has 0 aromatic heterocycles. The third-order valence-corrected chi connectivity index (χ3v) is 5.10. The molecule has 8 heteroatoms. The van der Waals surface area contributed by atoms with Crippen LogP contribution in [0, 0.1) is 0 Å². The van der Waals surface area contributed by atoms with Gasteiger partial charge < -0.3 is 14.8 Å². The topological polar surface area (TPSA) is 98.8 Å². The van der Waals surface area contributed by atoms with Gasteiger partial charge in [0.25, 0.3) is 0 Å². The summed E-state index contributed by atoms with van der Waals surface area (Å²) in [4.78, 5) is 24.1. The molecule has 0 unspecified atom stereocenters. The van der Waals surface area contributed by atoms with Crippen molar-refractivity contribution in [3.63, 3.8) is 0 Å². The van der Waals surface area contributed by atoms with Gasteiger partial charge in [-0.05, 0) is 43.7 Å². The zero-order valence-electron chi connectivity index (χ0n) is 16.0. The highest BCUT2D eigenvalue weighted by Gasteiger charge is 2.19. The first-order valence-corrected chi connectivity index (χ1v) is 10.5. The minimum Gasteiger partial charge on any atom is -0.495 e. The Bertz CT molecular complexity index is 953. The molecule has 0 radical (unpaired) electrons. The zero-order valence-corrected chi connectivity index (χ0v) is 16.8. The number of anilines is 1. The van der Waals surface area contributed by atoms with Gasteiger partial charge in [-0.1, -0.05) is 24.3 Å². The fourth-order valence-corrected chi connectivity index (χ4v) is 3.77. The number of esters is 1. The summed E-state index contributed by atoms with van der Waals surface area (Å²) in [6.45, 7) is 3.46. The number of ether oxygens (including phenoxy) is 2. The molecule has 0 saturated heterocycles. The molecule has 1 amide bonds. The zero-order chi connectivity index (χ0) is 20.7. The molecule has 0 bridgehead atoms. The molecule has 7 nitrogen and oxygen atoms in total. The summed E-state index contributed by atoms with van der Waals surface area (Å²) in [5, 5.41) is 2.54. The van der Waals surface area contributed by atoms with Gasteiger partial charge in [0.05, 0.1) is 30.2 Å². The Balaban J connectivity index is 2.05. The van der Waals surface area contributed by atoms with E-state index < -0.39 is 27.5 Å². The van der Waals surface area contributed by atoms with Crippen LogP contribution >= 0.6 is 0 Å². The summed E-state index contributed by atoms with van der Waals surface area (Å²) >= 11 is 0. The van der Waals surface area contributed by atoms with Gasteiger partial charge in [-0.25, -0.2) is 13.2 Å². The maximum absolute atomic E-state index is 12.4. The summed E-state index contributed by atoms with van der Waals surface area (Å²) in [6, 6.07) is 12.9. The van der Waals surface area contributed by atoms with Crippen molar-refractivity contribution in [3.8, 4) is 5.75 Å². The Kier molecular flexibility index (Phi) is 7.17. The average Bonchev–Trinajstić information content (AvgIpc) is 2.60. The third-order valence-electron chi connectivity index (χ3n) is 3.62. The second-order valence-electron chi connectivity index (χ2n) is 6.44. The number of sulfone groups is 1. The molecule has 1 N–H and O–H groups in total. The van der Waals surface area contributed by atoms with Gasteiger partial charge in [0.15, 0.2) is 9.84 Å². The minimum atomic E-state index is -3.74. The summed E-state index contributed by atoms with van der Waals surface area (Å²) in [5.41, 5.74) is 1.06. The number of methoxy groups -OCH3 is 1. The third kappa shape index (κ3) is 6.38. The Morgan fingerprint density at radius 3 is 2.46 bits per heavy atom. The standard InChI is InChI=1S/C20H23NO6S/c1-14(2)27-20(23)16-8-6-7-15(11-16)12-28(24,25)13-19(22)21-17-9-4-5-10-18(17)26-3/h4-11,14H,12-13H2,1-3H3,(H,21,22). The molecule has 0 atom stereocenters. The summed E-state index contributed by atoms with van der Waals surface area (Å²) in [5.74, 6) is -1.81. The summed E-state index contributed by atoms with van der Waals surface area (Å²) in [6.07, 6.45) is -0.279. The van der Waals surface area contributed by atoms with Crippen LogP contribution in [0.3, 0.4) is 0 Å². The average molecular weight is 405 g/mol. The molecular weight excluding hydrogens is 382 g/mol. The van der Waals surface area contributed by atoms with E-state index in [1.807, 2.05) is 0 Å². The highest BCUT2D eigenvalue weighted by Crippen LogP contribution is 2.23. The van der Waals surface area contributed by atoms with Crippen molar-refractivity contribution in [2.24, 2.45) is 0 Å². The Morgan fingerprint density at radius 2 is 1.79 bits per heavy atom. The van der Waals surface area contributed by atoms with E-state index in [0.29, 0.717) is 17.0 Å². The van der Waals surface area contributed by atoms with Crippen LogP contribution in [0.1, 0.15) is 29.8 Å². The van der Waals surface area contributed by atoms with Crippen LogP contribution in [0.15, 0.2) is 48.5 Å². The lowest BCUT2D eigenvalue weighted by Crippen LogP contribution is -2.24. The van der Waals surface area contributed by atoms with Gasteiger partial charge in [-0.3, -0.25) is 4.79 Å². The molecule has 150 valence electrons. The van der Waals surface area contributed by atoms with E-state index in [1.165, 1.54) is 13.2 Å². The molecule has 0 heterocycles. The number of hydrogen-bond acceptors (Lipinski definition) is 6. The number of para-hydroxylation sites is 2. The van der Waals surface area contributed by atoms with Crippen molar-refractivity contribution in [2.45, 2.75) is 25.7 Å². The van der Waals surface area contributed by atoms with Crippen molar-refractivity contribution in [2.75, 3.05) is 18.2 Å². The van der Waals surface area contributed by atoms with Crippen LogP contribution in [-0.4, -0.2) is 39.3 Å². The molecule has 2 aromatic carbocycles. The summed E-state index contributed by atoms with van der Waals surface area (Å²) < 4.78 is 35.0. The molecular formula is C20H23NO6S. The molecule has 0 fully saturated rings. The molecule has 0 aliphatic heterocycles. The molecule has 0 saturated carbocycles. The maximum atomic E-state index is 12.4. The largest absolute Gasteiger partial charge is 0.495 e. The molecule has 0 aliphatic rings. The SMILES string of the molecule is COc1ccccc1NC(=O)CS(=O)(=O)Cc1cccc(C(=O)OC(C)C)c1. The van der Waals surface area contributed by atoms with Gasteiger partial charge in [-0.15, -0.1) is 0 Å². The van der Waals surface area contributed by atoms with E-state index in [1.54, 1.807) is 56.3 Å². The first-order valence-electron chi connectivity index (χ1n) is 8.63. The molecule has 2 aromatic rings. The number of carbonyl (C=O) groups excluding carboxylic acids is 2. The van der Waals surface area contributed by atoms with Crippen molar-refractivity contribution >= 4 is 27.4 Å². The predicted molar refractivity (Wildman–Crippen MR) is 106 cm³/mol. The normalized spacial score (nSPS) is 11.1. The highest BCUT2D eigenvalue weighted by molar-refractivity contribution is 7.91. The van der Waals surface area contributed by atoms with Crippen LogP contribution in [-0.2, 0) is 25.1 Å². The first-order chi connectivity index (χ1) is 13.2. The molecule has 28 heavy (non-hydrogen) atoms. The number of hydrogen-bond donors (Lipinski definition) is 1. The smallest absolute Gasteiger partial charge is 0.338 e.